The first-order valence-electron chi connectivity index (χ1n) is 7.86. The molecule has 1 saturated carbocycles. The van der Waals surface area contributed by atoms with Crippen LogP contribution in [0.4, 0.5) is 0 Å². The molecule has 1 aromatic carbocycles. The monoisotopic (exact) mass is 272 g/mol. The summed E-state index contributed by atoms with van der Waals surface area (Å²) < 4.78 is 0. The van der Waals surface area contributed by atoms with Crippen LogP contribution in [0.25, 0.3) is 0 Å². The van der Waals surface area contributed by atoms with Crippen molar-refractivity contribution in [3.8, 4) is 0 Å². The average Bonchev–Trinajstić information content (AvgIpc) is 2.92. The summed E-state index contributed by atoms with van der Waals surface area (Å²) in [5.74, 6) is 1.05. The van der Waals surface area contributed by atoms with Crippen molar-refractivity contribution in [2.45, 2.75) is 51.1 Å². The summed E-state index contributed by atoms with van der Waals surface area (Å²) >= 11 is 0. The molecular weight excluding hydrogens is 248 g/mol. The number of likely N-dealkylation sites (tertiary alicyclic amines) is 1. The SMILES string of the molecule is NCc1ccccc1CC(=O)N1CCC2CCCCC21. The molecule has 2 aliphatic rings. The summed E-state index contributed by atoms with van der Waals surface area (Å²) in [5.41, 5.74) is 7.96. The van der Waals surface area contributed by atoms with Crippen LogP contribution in [0.2, 0.25) is 0 Å². The third-order valence-electron chi connectivity index (χ3n) is 5.01. The molecule has 3 heteroatoms. The van der Waals surface area contributed by atoms with Gasteiger partial charge >= 0.3 is 0 Å². The van der Waals surface area contributed by atoms with Crippen LogP contribution < -0.4 is 5.73 Å². The Morgan fingerprint density at radius 3 is 2.70 bits per heavy atom. The maximum absolute atomic E-state index is 12.6. The van der Waals surface area contributed by atoms with Gasteiger partial charge in [0.05, 0.1) is 6.42 Å². The van der Waals surface area contributed by atoms with E-state index in [1.165, 1.54) is 32.1 Å². The summed E-state index contributed by atoms with van der Waals surface area (Å²) in [7, 11) is 0. The number of nitrogens with two attached hydrogens (primary N) is 1. The number of amides is 1. The van der Waals surface area contributed by atoms with E-state index in [2.05, 4.69) is 4.90 Å². The van der Waals surface area contributed by atoms with E-state index in [1.54, 1.807) is 0 Å². The topological polar surface area (TPSA) is 46.3 Å². The molecule has 0 aromatic heterocycles. The number of hydrogen-bond donors (Lipinski definition) is 1. The van der Waals surface area contributed by atoms with Crippen molar-refractivity contribution >= 4 is 5.91 Å². The Bertz CT molecular complexity index is 486. The van der Waals surface area contributed by atoms with E-state index in [1.807, 2.05) is 24.3 Å². The van der Waals surface area contributed by atoms with Crippen LogP contribution in [-0.4, -0.2) is 23.4 Å². The van der Waals surface area contributed by atoms with E-state index >= 15 is 0 Å². The van der Waals surface area contributed by atoms with Crippen LogP contribution in [0.15, 0.2) is 24.3 Å². The molecule has 2 unspecified atom stereocenters. The molecule has 2 atom stereocenters. The first-order valence-corrected chi connectivity index (χ1v) is 7.86. The Kier molecular flexibility index (Phi) is 4.06. The van der Waals surface area contributed by atoms with Crippen molar-refractivity contribution in [3.63, 3.8) is 0 Å². The lowest BCUT2D eigenvalue weighted by Gasteiger charge is -2.31. The smallest absolute Gasteiger partial charge is 0.227 e. The number of rotatable bonds is 3. The van der Waals surface area contributed by atoms with Crippen LogP contribution in [-0.2, 0) is 17.8 Å². The fraction of sp³-hybridized carbons (Fsp3) is 0.588. The molecule has 2 N–H and O–H groups in total. The molecule has 3 nitrogen and oxygen atoms in total. The highest BCUT2D eigenvalue weighted by atomic mass is 16.2. The Morgan fingerprint density at radius 1 is 1.15 bits per heavy atom. The lowest BCUT2D eigenvalue weighted by molar-refractivity contribution is -0.132. The second-order valence-electron chi connectivity index (χ2n) is 6.14. The van der Waals surface area contributed by atoms with Crippen molar-refractivity contribution in [2.75, 3.05) is 6.54 Å². The molecule has 1 aliphatic heterocycles. The van der Waals surface area contributed by atoms with Gasteiger partial charge in [-0.05, 0) is 36.3 Å². The maximum atomic E-state index is 12.6. The molecule has 1 heterocycles. The first kappa shape index (κ1) is 13.6. The standard InChI is InChI=1S/C17H24N2O/c18-12-15-7-2-1-6-14(15)11-17(20)19-10-9-13-5-3-4-8-16(13)19/h1-2,6-7,13,16H,3-5,8-12,18H2. The van der Waals surface area contributed by atoms with Gasteiger partial charge in [-0.3, -0.25) is 4.79 Å². The Balaban J connectivity index is 1.70. The van der Waals surface area contributed by atoms with E-state index in [4.69, 9.17) is 5.73 Å². The second-order valence-corrected chi connectivity index (χ2v) is 6.14. The van der Waals surface area contributed by atoms with Gasteiger partial charge < -0.3 is 10.6 Å². The fourth-order valence-corrected chi connectivity index (χ4v) is 3.91. The number of fused-ring (bicyclic) bond motifs is 1. The molecule has 0 spiro atoms. The zero-order chi connectivity index (χ0) is 13.9. The molecule has 108 valence electrons. The first-order chi connectivity index (χ1) is 9.79. The van der Waals surface area contributed by atoms with Gasteiger partial charge in [0.2, 0.25) is 5.91 Å². The average molecular weight is 272 g/mol. The molecule has 2 fully saturated rings. The van der Waals surface area contributed by atoms with E-state index < -0.39 is 0 Å². The maximum Gasteiger partial charge on any atom is 0.227 e. The van der Waals surface area contributed by atoms with Crippen LogP contribution >= 0.6 is 0 Å². The third kappa shape index (κ3) is 2.59. The van der Waals surface area contributed by atoms with E-state index in [0.29, 0.717) is 24.9 Å². The Hall–Kier alpha value is -1.35. The Labute approximate surface area is 121 Å². The highest BCUT2D eigenvalue weighted by Gasteiger charge is 2.37. The molecule has 1 aromatic rings. The van der Waals surface area contributed by atoms with Crippen LogP contribution in [0.5, 0.6) is 0 Å². The molecule has 0 radical (unpaired) electrons. The lowest BCUT2D eigenvalue weighted by atomic mass is 9.85. The number of hydrogen-bond acceptors (Lipinski definition) is 2. The molecule has 20 heavy (non-hydrogen) atoms. The molecular formula is C17H24N2O. The van der Waals surface area contributed by atoms with E-state index in [9.17, 15) is 4.79 Å². The zero-order valence-corrected chi connectivity index (χ0v) is 12.1. The van der Waals surface area contributed by atoms with Crippen molar-refractivity contribution < 1.29 is 4.79 Å². The van der Waals surface area contributed by atoms with Gasteiger partial charge in [-0.25, -0.2) is 0 Å². The van der Waals surface area contributed by atoms with Gasteiger partial charge in [0.1, 0.15) is 0 Å². The normalized spacial score (nSPS) is 25.6. The second kappa shape index (κ2) is 5.96. The fourth-order valence-electron chi connectivity index (χ4n) is 3.91. The minimum atomic E-state index is 0.292. The number of carbonyl (C=O) groups excluding carboxylic acids is 1. The largest absolute Gasteiger partial charge is 0.339 e. The number of nitrogens with zero attached hydrogens (tertiary/aromatic N) is 1. The summed E-state index contributed by atoms with van der Waals surface area (Å²) in [6.45, 7) is 1.47. The molecule has 0 bridgehead atoms. The van der Waals surface area contributed by atoms with Gasteiger partial charge in [0.15, 0.2) is 0 Å². The predicted octanol–water partition coefficient (Wildman–Crippen LogP) is 2.48. The van der Waals surface area contributed by atoms with Gasteiger partial charge in [-0.15, -0.1) is 0 Å². The Morgan fingerprint density at radius 2 is 1.90 bits per heavy atom. The number of carbonyl (C=O) groups is 1. The molecule has 1 saturated heterocycles. The van der Waals surface area contributed by atoms with Crippen molar-refractivity contribution in [1.82, 2.24) is 4.90 Å². The van der Waals surface area contributed by atoms with Gasteiger partial charge in [0, 0.05) is 19.1 Å². The van der Waals surface area contributed by atoms with Crippen LogP contribution in [0.1, 0.15) is 43.2 Å². The van der Waals surface area contributed by atoms with Gasteiger partial charge in [-0.2, -0.15) is 0 Å². The zero-order valence-electron chi connectivity index (χ0n) is 12.1. The molecule has 1 aliphatic carbocycles. The third-order valence-corrected chi connectivity index (χ3v) is 5.01. The summed E-state index contributed by atoms with van der Waals surface area (Å²) in [6.07, 6.45) is 6.86. The minimum absolute atomic E-state index is 0.292. The quantitative estimate of drug-likeness (QED) is 0.919. The summed E-state index contributed by atoms with van der Waals surface area (Å²) in [5, 5.41) is 0. The van der Waals surface area contributed by atoms with Gasteiger partial charge in [-0.1, -0.05) is 37.1 Å². The van der Waals surface area contributed by atoms with E-state index in [-0.39, 0.29) is 0 Å². The minimum Gasteiger partial charge on any atom is -0.339 e. The summed E-state index contributed by atoms with van der Waals surface area (Å²) in [6, 6.07) is 8.56. The van der Waals surface area contributed by atoms with Gasteiger partial charge in [0.25, 0.3) is 0 Å². The van der Waals surface area contributed by atoms with E-state index in [0.717, 1.165) is 23.6 Å². The molecule has 3 rings (SSSR count). The van der Waals surface area contributed by atoms with Crippen molar-refractivity contribution in [2.24, 2.45) is 11.7 Å². The summed E-state index contributed by atoms with van der Waals surface area (Å²) in [4.78, 5) is 14.8. The highest BCUT2D eigenvalue weighted by Crippen LogP contribution is 2.36. The highest BCUT2D eigenvalue weighted by molar-refractivity contribution is 5.79. The van der Waals surface area contributed by atoms with Crippen LogP contribution in [0.3, 0.4) is 0 Å². The predicted molar refractivity (Wildman–Crippen MR) is 80.1 cm³/mol. The van der Waals surface area contributed by atoms with Crippen molar-refractivity contribution in [1.29, 1.82) is 0 Å². The van der Waals surface area contributed by atoms with Crippen LogP contribution in [0, 0.1) is 5.92 Å². The lowest BCUT2D eigenvalue weighted by Crippen LogP contribution is -2.40. The molecule has 1 amide bonds. The van der Waals surface area contributed by atoms with Crippen molar-refractivity contribution in [3.05, 3.63) is 35.4 Å². The number of benzene rings is 1.